The molecule has 0 aromatic carbocycles. The SMILES string of the molecule is CC(C)c1c(O)nc(-n2ccnc2)nc1OCC(=O)N1CCOCC1. The summed E-state index contributed by atoms with van der Waals surface area (Å²) in [6, 6.07) is 0. The lowest BCUT2D eigenvalue weighted by atomic mass is 10.1. The number of hydrogen-bond donors (Lipinski definition) is 1. The lowest BCUT2D eigenvalue weighted by molar-refractivity contribution is -0.137. The lowest BCUT2D eigenvalue weighted by Crippen LogP contribution is -2.43. The van der Waals surface area contributed by atoms with Gasteiger partial charge in [0, 0.05) is 25.5 Å². The van der Waals surface area contributed by atoms with Crippen molar-refractivity contribution in [1.82, 2.24) is 24.4 Å². The Morgan fingerprint density at radius 3 is 2.76 bits per heavy atom. The fourth-order valence-corrected chi connectivity index (χ4v) is 2.57. The van der Waals surface area contributed by atoms with Crippen LogP contribution in [0.15, 0.2) is 18.7 Å². The third-order valence-electron chi connectivity index (χ3n) is 3.89. The van der Waals surface area contributed by atoms with Crippen LogP contribution < -0.4 is 4.74 Å². The molecule has 9 heteroatoms. The van der Waals surface area contributed by atoms with Crippen LogP contribution in [0.3, 0.4) is 0 Å². The zero-order valence-corrected chi connectivity index (χ0v) is 14.3. The van der Waals surface area contributed by atoms with Gasteiger partial charge in [-0.1, -0.05) is 13.8 Å². The van der Waals surface area contributed by atoms with Crippen LogP contribution in [0, 0.1) is 0 Å². The number of morpholine rings is 1. The number of carbonyl (C=O) groups excluding carboxylic acids is 1. The van der Waals surface area contributed by atoms with Crippen LogP contribution in [0.4, 0.5) is 0 Å². The first kappa shape index (κ1) is 17.2. The molecule has 0 bridgehead atoms. The summed E-state index contributed by atoms with van der Waals surface area (Å²) in [5.74, 6) is 0.0640. The van der Waals surface area contributed by atoms with E-state index in [0.29, 0.717) is 31.9 Å². The van der Waals surface area contributed by atoms with Crippen LogP contribution in [0.1, 0.15) is 25.3 Å². The number of ether oxygens (including phenoxy) is 2. The number of carbonyl (C=O) groups is 1. The number of amides is 1. The lowest BCUT2D eigenvalue weighted by Gasteiger charge is -2.26. The van der Waals surface area contributed by atoms with Gasteiger partial charge in [-0.2, -0.15) is 9.97 Å². The Labute approximate surface area is 145 Å². The molecule has 1 fully saturated rings. The van der Waals surface area contributed by atoms with Crippen molar-refractivity contribution in [3.8, 4) is 17.7 Å². The zero-order valence-electron chi connectivity index (χ0n) is 14.3. The number of imidazole rings is 1. The Morgan fingerprint density at radius 1 is 1.36 bits per heavy atom. The smallest absolute Gasteiger partial charge is 0.260 e. The molecule has 1 aliphatic rings. The highest BCUT2D eigenvalue weighted by Gasteiger charge is 2.22. The Hall–Kier alpha value is -2.68. The van der Waals surface area contributed by atoms with Crippen molar-refractivity contribution in [2.75, 3.05) is 32.9 Å². The molecule has 0 saturated carbocycles. The number of aromatic nitrogens is 4. The molecule has 0 atom stereocenters. The average Bonchev–Trinajstić information content (AvgIpc) is 3.14. The van der Waals surface area contributed by atoms with Crippen LogP contribution >= 0.6 is 0 Å². The maximum atomic E-state index is 12.3. The molecule has 0 spiro atoms. The summed E-state index contributed by atoms with van der Waals surface area (Å²) < 4.78 is 12.5. The van der Waals surface area contributed by atoms with Gasteiger partial charge in [-0.15, -0.1) is 0 Å². The molecular formula is C16H21N5O4. The van der Waals surface area contributed by atoms with E-state index >= 15 is 0 Å². The van der Waals surface area contributed by atoms with Crippen molar-refractivity contribution >= 4 is 5.91 Å². The van der Waals surface area contributed by atoms with E-state index in [1.54, 1.807) is 21.9 Å². The zero-order chi connectivity index (χ0) is 17.8. The molecule has 0 unspecified atom stereocenters. The van der Waals surface area contributed by atoms with E-state index in [4.69, 9.17) is 9.47 Å². The summed E-state index contributed by atoms with van der Waals surface area (Å²) in [6.45, 7) is 5.80. The first-order valence-corrected chi connectivity index (χ1v) is 8.14. The van der Waals surface area contributed by atoms with Gasteiger partial charge in [-0.25, -0.2) is 4.98 Å². The van der Waals surface area contributed by atoms with Crippen LogP contribution in [-0.2, 0) is 9.53 Å². The van der Waals surface area contributed by atoms with Crippen molar-refractivity contribution in [2.45, 2.75) is 19.8 Å². The predicted octanol–water partition coefficient (Wildman–Crippen LogP) is 0.729. The van der Waals surface area contributed by atoms with Crippen molar-refractivity contribution in [3.63, 3.8) is 0 Å². The summed E-state index contributed by atoms with van der Waals surface area (Å²) in [5, 5.41) is 10.3. The summed E-state index contributed by atoms with van der Waals surface area (Å²) in [5.41, 5.74) is 0.471. The summed E-state index contributed by atoms with van der Waals surface area (Å²) in [7, 11) is 0. The van der Waals surface area contributed by atoms with Gasteiger partial charge in [0.05, 0.1) is 18.8 Å². The minimum Gasteiger partial charge on any atom is -0.493 e. The molecule has 0 radical (unpaired) electrons. The molecular weight excluding hydrogens is 326 g/mol. The minimum atomic E-state index is -0.164. The quantitative estimate of drug-likeness (QED) is 0.850. The molecule has 1 aliphatic heterocycles. The highest BCUT2D eigenvalue weighted by atomic mass is 16.5. The van der Waals surface area contributed by atoms with Crippen LogP contribution in [0.25, 0.3) is 5.95 Å². The Morgan fingerprint density at radius 2 is 2.12 bits per heavy atom. The predicted molar refractivity (Wildman–Crippen MR) is 87.8 cm³/mol. The highest BCUT2D eigenvalue weighted by molar-refractivity contribution is 5.77. The number of hydrogen-bond acceptors (Lipinski definition) is 7. The molecule has 25 heavy (non-hydrogen) atoms. The molecule has 3 heterocycles. The van der Waals surface area contributed by atoms with Gasteiger partial charge < -0.3 is 19.5 Å². The van der Waals surface area contributed by atoms with E-state index in [2.05, 4.69) is 15.0 Å². The topological polar surface area (TPSA) is 103 Å². The van der Waals surface area contributed by atoms with Crippen molar-refractivity contribution < 1.29 is 19.4 Å². The van der Waals surface area contributed by atoms with Crippen molar-refractivity contribution in [2.24, 2.45) is 0 Å². The van der Waals surface area contributed by atoms with Gasteiger partial charge in [0.25, 0.3) is 5.91 Å². The third-order valence-corrected chi connectivity index (χ3v) is 3.89. The van der Waals surface area contributed by atoms with E-state index in [1.165, 1.54) is 6.33 Å². The average molecular weight is 347 g/mol. The third kappa shape index (κ3) is 3.87. The monoisotopic (exact) mass is 347 g/mol. The largest absolute Gasteiger partial charge is 0.493 e. The molecule has 2 aromatic heterocycles. The second kappa shape index (κ2) is 7.47. The molecule has 0 aliphatic carbocycles. The van der Waals surface area contributed by atoms with Gasteiger partial charge in [0.15, 0.2) is 6.61 Å². The number of nitrogens with zero attached hydrogens (tertiary/aromatic N) is 5. The normalized spacial score (nSPS) is 14.8. The molecule has 3 rings (SSSR count). The molecule has 1 amide bonds. The summed E-state index contributed by atoms with van der Waals surface area (Å²) >= 11 is 0. The van der Waals surface area contributed by atoms with Gasteiger partial charge >= 0.3 is 0 Å². The summed E-state index contributed by atoms with van der Waals surface area (Å²) in [6.07, 6.45) is 4.76. The van der Waals surface area contributed by atoms with Crippen molar-refractivity contribution in [1.29, 1.82) is 0 Å². The van der Waals surface area contributed by atoms with Gasteiger partial charge in [-0.3, -0.25) is 9.36 Å². The second-order valence-electron chi connectivity index (χ2n) is 5.97. The molecule has 1 N–H and O–H groups in total. The Bertz CT molecular complexity index is 726. The van der Waals surface area contributed by atoms with E-state index in [9.17, 15) is 9.90 Å². The molecule has 134 valence electrons. The number of aromatic hydroxyl groups is 1. The van der Waals surface area contributed by atoms with Crippen molar-refractivity contribution in [3.05, 3.63) is 24.3 Å². The fraction of sp³-hybridized carbons (Fsp3) is 0.500. The van der Waals surface area contributed by atoms with E-state index in [1.807, 2.05) is 13.8 Å². The van der Waals surface area contributed by atoms with E-state index < -0.39 is 0 Å². The highest BCUT2D eigenvalue weighted by Crippen LogP contribution is 2.32. The van der Waals surface area contributed by atoms with E-state index in [0.717, 1.165) is 0 Å². The van der Waals surface area contributed by atoms with Crippen LogP contribution in [0.2, 0.25) is 0 Å². The van der Waals surface area contributed by atoms with Gasteiger partial charge in [0.1, 0.15) is 6.33 Å². The molecule has 1 saturated heterocycles. The fourth-order valence-electron chi connectivity index (χ4n) is 2.57. The first-order chi connectivity index (χ1) is 12.1. The Kier molecular flexibility index (Phi) is 5.13. The van der Waals surface area contributed by atoms with Crippen LogP contribution in [0.5, 0.6) is 11.8 Å². The van der Waals surface area contributed by atoms with Crippen LogP contribution in [-0.4, -0.2) is 68.3 Å². The molecule has 9 nitrogen and oxygen atoms in total. The first-order valence-electron chi connectivity index (χ1n) is 8.14. The maximum Gasteiger partial charge on any atom is 0.260 e. The molecule has 2 aromatic rings. The second-order valence-corrected chi connectivity index (χ2v) is 5.97. The minimum absolute atomic E-state index is 0.0645. The standard InChI is InChI=1S/C16H21N5O4/c1-11(2)13-14(23)18-16(21-4-3-17-10-21)19-15(13)25-9-12(22)20-5-7-24-8-6-20/h3-4,10-11H,5-9H2,1-2H3,(H,18,19,23). The van der Waals surface area contributed by atoms with Gasteiger partial charge in [-0.05, 0) is 5.92 Å². The van der Waals surface area contributed by atoms with Gasteiger partial charge in [0.2, 0.25) is 17.7 Å². The Balaban J connectivity index is 1.81. The van der Waals surface area contributed by atoms with E-state index in [-0.39, 0.29) is 36.1 Å². The summed E-state index contributed by atoms with van der Waals surface area (Å²) in [4.78, 5) is 26.3. The number of rotatable bonds is 5. The maximum absolute atomic E-state index is 12.3.